The van der Waals surface area contributed by atoms with Crippen molar-refractivity contribution in [1.29, 1.82) is 0 Å². The highest BCUT2D eigenvalue weighted by Crippen LogP contribution is 2.17. The Morgan fingerprint density at radius 1 is 1.38 bits per heavy atom. The summed E-state index contributed by atoms with van der Waals surface area (Å²) in [6.07, 6.45) is 1.47. The third-order valence-corrected chi connectivity index (χ3v) is 3.05. The summed E-state index contributed by atoms with van der Waals surface area (Å²) >= 11 is 3.20. The molecular weight excluding hydrogens is 343 g/mol. The molecule has 1 aromatic carbocycles. The van der Waals surface area contributed by atoms with E-state index in [9.17, 15) is 9.18 Å². The van der Waals surface area contributed by atoms with Crippen molar-refractivity contribution in [2.75, 3.05) is 5.32 Å². The lowest BCUT2D eigenvalue weighted by Gasteiger charge is -2.07. The summed E-state index contributed by atoms with van der Waals surface area (Å²) in [5, 5.41) is 13.7. The fraction of sp³-hybridized carbons (Fsp3) is 0. The number of hydrogen-bond acceptors (Lipinski definition) is 4. The SMILES string of the molecule is N/C(=N/O)c1ccc(NC(=O)c2ccc(Br)cn2)c(F)c1. The Kier molecular flexibility index (Phi) is 4.49. The maximum atomic E-state index is 13.9. The molecule has 0 aliphatic carbocycles. The normalized spacial score (nSPS) is 11.2. The Morgan fingerprint density at radius 2 is 2.14 bits per heavy atom. The Labute approximate surface area is 127 Å². The molecule has 6 nitrogen and oxygen atoms in total. The van der Waals surface area contributed by atoms with Crippen molar-refractivity contribution in [2.24, 2.45) is 10.9 Å². The van der Waals surface area contributed by atoms with Gasteiger partial charge in [-0.25, -0.2) is 9.37 Å². The lowest BCUT2D eigenvalue weighted by molar-refractivity contribution is 0.102. The molecule has 0 saturated carbocycles. The molecule has 0 aliphatic heterocycles. The third kappa shape index (κ3) is 3.54. The largest absolute Gasteiger partial charge is 0.409 e. The zero-order valence-electron chi connectivity index (χ0n) is 10.5. The van der Waals surface area contributed by atoms with E-state index in [0.717, 1.165) is 10.5 Å². The number of aromatic nitrogens is 1. The molecule has 0 unspecified atom stereocenters. The smallest absolute Gasteiger partial charge is 0.274 e. The van der Waals surface area contributed by atoms with E-state index in [0.29, 0.717) is 0 Å². The fourth-order valence-corrected chi connectivity index (χ4v) is 1.76. The van der Waals surface area contributed by atoms with Crippen LogP contribution in [0.25, 0.3) is 0 Å². The van der Waals surface area contributed by atoms with Gasteiger partial charge >= 0.3 is 0 Å². The first-order valence-corrected chi connectivity index (χ1v) is 6.51. The second kappa shape index (κ2) is 6.31. The minimum absolute atomic E-state index is 0.0285. The van der Waals surface area contributed by atoms with Crippen LogP contribution < -0.4 is 11.1 Å². The number of carbonyl (C=O) groups excluding carboxylic acids is 1. The van der Waals surface area contributed by atoms with Crippen LogP contribution in [0.15, 0.2) is 46.2 Å². The van der Waals surface area contributed by atoms with Crippen molar-refractivity contribution in [2.45, 2.75) is 0 Å². The number of nitrogens with two attached hydrogens (primary N) is 1. The van der Waals surface area contributed by atoms with Gasteiger partial charge < -0.3 is 16.3 Å². The zero-order chi connectivity index (χ0) is 15.4. The summed E-state index contributed by atoms with van der Waals surface area (Å²) in [5.41, 5.74) is 5.68. The molecule has 1 aromatic heterocycles. The van der Waals surface area contributed by atoms with Crippen LogP contribution in [0.4, 0.5) is 10.1 Å². The van der Waals surface area contributed by atoms with Crippen LogP contribution in [0.5, 0.6) is 0 Å². The van der Waals surface area contributed by atoms with Gasteiger partial charge in [-0.15, -0.1) is 0 Å². The van der Waals surface area contributed by atoms with Crippen molar-refractivity contribution >= 4 is 33.4 Å². The van der Waals surface area contributed by atoms with E-state index in [2.05, 4.69) is 31.4 Å². The van der Waals surface area contributed by atoms with E-state index in [1.165, 1.54) is 24.4 Å². The molecule has 0 aliphatic rings. The topological polar surface area (TPSA) is 101 Å². The number of pyridine rings is 1. The molecular formula is C13H10BrFN4O2. The van der Waals surface area contributed by atoms with E-state index < -0.39 is 11.7 Å². The number of carbonyl (C=O) groups is 1. The molecule has 2 rings (SSSR count). The molecule has 21 heavy (non-hydrogen) atoms. The van der Waals surface area contributed by atoms with E-state index in [1.807, 2.05) is 0 Å². The van der Waals surface area contributed by atoms with E-state index in [1.54, 1.807) is 6.07 Å². The number of halogens is 2. The summed E-state index contributed by atoms with van der Waals surface area (Å²) in [7, 11) is 0. The number of anilines is 1. The number of hydrogen-bond donors (Lipinski definition) is 3. The monoisotopic (exact) mass is 352 g/mol. The Balaban J connectivity index is 2.20. The second-order valence-corrected chi connectivity index (χ2v) is 4.91. The molecule has 108 valence electrons. The Hall–Kier alpha value is -2.48. The predicted molar refractivity (Wildman–Crippen MR) is 78.8 cm³/mol. The van der Waals surface area contributed by atoms with Crippen molar-refractivity contribution in [3.8, 4) is 0 Å². The molecule has 1 heterocycles. The minimum atomic E-state index is -0.704. The quantitative estimate of drug-likeness (QED) is 0.341. The van der Waals surface area contributed by atoms with Crippen molar-refractivity contribution in [3.63, 3.8) is 0 Å². The molecule has 2 aromatic rings. The average molecular weight is 353 g/mol. The second-order valence-electron chi connectivity index (χ2n) is 4.00. The van der Waals surface area contributed by atoms with Crippen LogP contribution in [0.1, 0.15) is 16.1 Å². The summed E-state index contributed by atoms with van der Waals surface area (Å²) in [6.45, 7) is 0. The third-order valence-electron chi connectivity index (χ3n) is 2.58. The van der Waals surface area contributed by atoms with Crippen molar-refractivity contribution in [1.82, 2.24) is 4.98 Å². The lowest BCUT2D eigenvalue weighted by atomic mass is 10.2. The first kappa shape index (κ1) is 14.9. The van der Waals surface area contributed by atoms with E-state index in [-0.39, 0.29) is 22.8 Å². The first-order chi connectivity index (χ1) is 10.0. The van der Waals surface area contributed by atoms with Gasteiger partial charge in [0, 0.05) is 16.2 Å². The molecule has 1 amide bonds. The minimum Gasteiger partial charge on any atom is -0.409 e. The van der Waals surface area contributed by atoms with Gasteiger partial charge in [0.25, 0.3) is 5.91 Å². The summed E-state index contributed by atoms with van der Waals surface area (Å²) < 4.78 is 14.6. The maximum absolute atomic E-state index is 13.9. The first-order valence-electron chi connectivity index (χ1n) is 5.71. The van der Waals surface area contributed by atoms with Gasteiger partial charge in [-0.2, -0.15) is 0 Å². The predicted octanol–water partition coefficient (Wildman–Crippen LogP) is 2.33. The molecule has 4 N–H and O–H groups in total. The highest BCUT2D eigenvalue weighted by atomic mass is 79.9. The number of amides is 1. The zero-order valence-corrected chi connectivity index (χ0v) is 12.1. The molecule has 0 saturated heterocycles. The lowest BCUT2D eigenvalue weighted by Crippen LogP contribution is -2.16. The Morgan fingerprint density at radius 3 is 2.71 bits per heavy atom. The van der Waals surface area contributed by atoms with Gasteiger partial charge in [-0.1, -0.05) is 5.16 Å². The van der Waals surface area contributed by atoms with Crippen molar-refractivity contribution in [3.05, 3.63) is 58.1 Å². The number of rotatable bonds is 3. The van der Waals surface area contributed by atoms with Crippen LogP contribution >= 0.6 is 15.9 Å². The van der Waals surface area contributed by atoms with Gasteiger partial charge in [0.05, 0.1) is 5.69 Å². The van der Waals surface area contributed by atoms with Crippen LogP contribution in [-0.2, 0) is 0 Å². The number of oxime groups is 1. The summed E-state index contributed by atoms with van der Waals surface area (Å²) in [4.78, 5) is 15.8. The van der Waals surface area contributed by atoms with E-state index >= 15 is 0 Å². The molecule has 0 fully saturated rings. The standard InChI is InChI=1S/C13H10BrFN4O2/c14-8-2-4-11(17-6-8)13(20)18-10-3-1-7(5-9(10)15)12(16)19-21/h1-6,21H,(H2,16,19)(H,18,20). The van der Waals surface area contributed by atoms with Gasteiger partial charge in [-0.3, -0.25) is 4.79 Å². The maximum Gasteiger partial charge on any atom is 0.274 e. The fourth-order valence-electron chi connectivity index (χ4n) is 1.53. The average Bonchev–Trinajstić information content (AvgIpc) is 2.49. The number of nitrogens with one attached hydrogen (secondary N) is 1. The Bertz CT molecular complexity index is 704. The van der Waals surface area contributed by atoms with Crippen LogP contribution in [-0.4, -0.2) is 21.9 Å². The molecule has 0 atom stereocenters. The number of amidine groups is 1. The van der Waals surface area contributed by atoms with E-state index in [4.69, 9.17) is 10.9 Å². The molecule has 0 radical (unpaired) electrons. The highest BCUT2D eigenvalue weighted by molar-refractivity contribution is 9.10. The van der Waals surface area contributed by atoms with Crippen LogP contribution in [0.2, 0.25) is 0 Å². The molecule has 0 bridgehead atoms. The van der Waals surface area contributed by atoms with Crippen LogP contribution in [0.3, 0.4) is 0 Å². The van der Waals surface area contributed by atoms with Crippen LogP contribution in [0, 0.1) is 5.82 Å². The number of nitrogens with zero attached hydrogens (tertiary/aromatic N) is 2. The summed E-state index contributed by atoms with van der Waals surface area (Å²) in [5.74, 6) is -1.47. The summed E-state index contributed by atoms with van der Waals surface area (Å²) in [6, 6.07) is 6.95. The number of benzene rings is 1. The highest BCUT2D eigenvalue weighted by Gasteiger charge is 2.12. The van der Waals surface area contributed by atoms with Gasteiger partial charge in [0.15, 0.2) is 5.84 Å². The van der Waals surface area contributed by atoms with Gasteiger partial charge in [0.2, 0.25) is 0 Å². The van der Waals surface area contributed by atoms with Gasteiger partial charge in [0.1, 0.15) is 11.5 Å². The van der Waals surface area contributed by atoms with Crippen molar-refractivity contribution < 1.29 is 14.4 Å². The molecule has 0 spiro atoms. The molecule has 8 heteroatoms. The van der Waals surface area contributed by atoms with Gasteiger partial charge in [-0.05, 0) is 46.3 Å².